The van der Waals surface area contributed by atoms with Crippen LogP contribution in [0.2, 0.25) is 0 Å². The molecule has 1 aromatic carbocycles. The number of halogens is 6. The molecule has 3 nitrogen and oxygen atoms in total. The van der Waals surface area contributed by atoms with Crippen LogP contribution in [0.15, 0.2) is 27.6 Å². The SMILES string of the molecule is CS(=O)(=O)Nc1cc(Br)cc(S(F)(F)(F)(F)F)c1. The number of benzene rings is 1. The molecule has 0 saturated heterocycles. The van der Waals surface area contributed by atoms with Gasteiger partial charge in [-0.25, -0.2) is 8.42 Å². The Labute approximate surface area is 108 Å². The molecule has 0 amide bonds. The van der Waals surface area contributed by atoms with Gasteiger partial charge in [-0.3, -0.25) is 4.72 Å². The summed E-state index contributed by atoms with van der Waals surface area (Å²) in [4.78, 5) is -2.17. The highest BCUT2D eigenvalue weighted by Crippen LogP contribution is 3.02. The summed E-state index contributed by atoms with van der Waals surface area (Å²) in [5.74, 6) is 0. The first kappa shape index (κ1) is 15.5. The molecule has 0 bridgehead atoms. The van der Waals surface area contributed by atoms with Crippen molar-refractivity contribution in [1.29, 1.82) is 0 Å². The molecule has 0 heterocycles. The summed E-state index contributed by atoms with van der Waals surface area (Å²) in [6.07, 6.45) is 0.688. The third-order valence-corrected chi connectivity index (χ3v) is 3.81. The van der Waals surface area contributed by atoms with E-state index in [1.165, 1.54) is 0 Å². The number of rotatable bonds is 3. The Bertz CT molecular complexity index is 598. The molecule has 0 aliphatic rings. The third-order valence-electron chi connectivity index (χ3n) is 1.62. The van der Waals surface area contributed by atoms with E-state index in [4.69, 9.17) is 0 Å². The van der Waals surface area contributed by atoms with Crippen LogP contribution in [0.1, 0.15) is 0 Å². The smallest absolute Gasteiger partial charge is 0.284 e. The van der Waals surface area contributed by atoms with Gasteiger partial charge in [0.2, 0.25) is 10.0 Å². The fourth-order valence-electron chi connectivity index (χ4n) is 1.06. The zero-order chi connectivity index (χ0) is 14.5. The van der Waals surface area contributed by atoms with Crippen LogP contribution in [0.5, 0.6) is 0 Å². The molecule has 0 aliphatic heterocycles. The van der Waals surface area contributed by atoms with E-state index >= 15 is 0 Å². The van der Waals surface area contributed by atoms with Crippen LogP contribution < -0.4 is 4.72 Å². The maximum Gasteiger partial charge on any atom is 0.310 e. The number of hydrogen-bond acceptors (Lipinski definition) is 2. The first-order valence-corrected chi connectivity index (χ1v) is 8.73. The Morgan fingerprint density at radius 2 is 1.61 bits per heavy atom. The van der Waals surface area contributed by atoms with Crippen LogP contribution in [0.4, 0.5) is 25.1 Å². The van der Waals surface area contributed by atoms with Gasteiger partial charge in [-0.1, -0.05) is 35.4 Å². The highest BCUT2D eigenvalue weighted by molar-refractivity contribution is 9.10. The second-order valence-electron chi connectivity index (χ2n) is 3.52. The predicted octanol–water partition coefficient (Wildman–Crippen LogP) is 4.48. The van der Waals surface area contributed by atoms with E-state index in [1.54, 1.807) is 4.72 Å². The fraction of sp³-hybridized carbons (Fsp3) is 0.143. The molecule has 18 heavy (non-hydrogen) atoms. The molecule has 1 aromatic rings. The van der Waals surface area contributed by atoms with Gasteiger partial charge in [-0.05, 0) is 18.2 Å². The number of anilines is 1. The van der Waals surface area contributed by atoms with Crippen LogP contribution in [-0.2, 0) is 10.0 Å². The van der Waals surface area contributed by atoms with Crippen LogP contribution in [0, 0.1) is 0 Å². The second kappa shape index (κ2) is 3.51. The predicted molar refractivity (Wildman–Crippen MR) is 64.0 cm³/mol. The van der Waals surface area contributed by atoms with Crippen molar-refractivity contribution in [2.75, 3.05) is 11.0 Å². The molecule has 0 fully saturated rings. The zero-order valence-corrected chi connectivity index (χ0v) is 11.9. The Morgan fingerprint density at radius 1 is 1.11 bits per heavy atom. The van der Waals surface area contributed by atoms with E-state index in [9.17, 15) is 27.8 Å². The minimum Gasteiger partial charge on any atom is -0.284 e. The van der Waals surface area contributed by atoms with E-state index in [0.29, 0.717) is 6.26 Å². The van der Waals surface area contributed by atoms with Crippen LogP contribution in [0.3, 0.4) is 0 Å². The van der Waals surface area contributed by atoms with Crippen molar-refractivity contribution < 1.29 is 27.8 Å². The average Bonchev–Trinajstić information content (AvgIpc) is 1.93. The normalized spacial score (nSPS) is 16.8. The third kappa shape index (κ3) is 4.61. The summed E-state index contributed by atoms with van der Waals surface area (Å²) in [6, 6.07) is 1.18. The topological polar surface area (TPSA) is 46.2 Å². The quantitative estimate of drug-likeness (QED) is 0.791. The monoisotopic (exact) mass is 375 g/mol. The fourth-order valence-corrected chi connectivity index (χ4v) is 2.95. The van der Waals surface area contributed by atoms with Gasteiger partial charge < -0.3 is 0 Å². The van der Waals surface area contributed by atoms with Crippen molar-refractivity contribution in [3.05, 3.63) is 22.7 Å². The maximum absolute atomic E-state index is 12.5. The van der Waals surface area contributed by atoms with Crippen LogP contribution in [-0.4, -0.2) is 14.7 Å². The summed E-state index contributed by atoms with van der Waals surface area (Å²) in [7, 11) is -13.7. The molecule has 0 radical (unpaired) electrons. The molecular weight excluding hydrogens is 369 g/mol. The minimum absolute atomic E-state index is 0.0490. The summed E-state index contributed by atoms with van der Waals surface area (Å²) in [6.45, 7) is 0. The number of nitrogens with one attached hydrogen (secondary N) is 1. The van der Waals surface area contributed by atoms with Crippen molar-refractivity contribution in [2.45, 2.75) is 4.90 Å². The molecule has 1 rings (SSSR count). The van der Waals surface area contributed by atoms with Crippen molar-refractivity contribution in [1.82, 2.24) is 0 Å². The molecule has 1 N–H and O–H groups in total. The second-order valence-corrected chi connectivity index (χ2v) is 8.59. The van der Waals surface area contributed by atoms with Gasteiger partial charge in [0, 0.05) is 4.47 Å². The first-order valence-electron chi connectivity index (χ1n) is 4.09. The molecule has 0 saturated carbocycles. The highest BCUT2D eigenvalue weighted by atomic mass is 79.9. The number of sulfonamides is 1. The summed E-state index contributed by atoms with van der Waals surface area (Å²) >= 11 is 2.61. The molecule has 106 valence electrons. The molecule has 0 atom stereocenters. The number of hydrogen-bond donors (Lipinski definition) is 1. The minimum atomic E-state index is -9.84. The van der Waals surface area contributed by atoms with Crippen molar-refractivity contribution in [3.63, 3.8) is 0 Å². The van der Waals surface area contributed by atoms with E-state index in [-0.39, 0.29) is 16.6 Å². The summed E-state index contributed by atoms with van der Waals surface area (Å²) in [5.41, 5.74) is -0.602. The lowest BCUT2D eigenvalue weighted by Gasteiger charge is -2.40. The van der Waals surface area contributed by atoms with Gasteiger partial charge in [0.15, 0.2) is 0 Å². The van der Waals surface area contributed by atoms with E-state index < -0.39 is 30.8 Å². The lowest BCUT2D eigenvalue weighted by molar-refractivity contribution is 0.364. The Morgan fingerprint density at radius 3 is 2.00 bits per heavy atom. The van der Waals surface area contributed by atoms with E-state index in [0.717, 1.165) is 6.07 Å². The Balaban J connectivity index is 3.45. The van der Waals surface area contributed by atoms with E-state index in [1.807, 2.05) is 0 Å². The molecule has 11 heteroatoms. The van der Waals surface area contributed by atoms with Crippen molar-refractivity contribution >= 4 is 41.9 Å². The summed E-state index contributed by atoms with van der Waals surface area (Å²) in [5, 5.41) is 0. The van der Waals surface area contributed by atoms with Gasteiger partial charge in [0.25, 0.3) is 0 Å². The van der Waals surface area contributed by atoms with Crippen molar-refractivity contribution in [2.24, 2.45) is 0 Å². The highest BCUT2D eigenvalue weighted by Gasteiger charge is 2.65. The van der Waals surface area contributed by atoms with Crippen LogP contribution >= 0.6 is 26.2 Å². The van der Waals surface area contributed by atoms with Gasteiger partial charge in [0.05, 0.1) is 11.9 Å². The maximum atomic E-state index is 12.5. The molecule has 0 unspecified atom stereocenters. The van der Waals surface area contributed by atoms with Gasteiger partial charge >= 0.3 is 10.2 Å². The molecule has 0 aliphatic carbocycles. The van der Waals surface area contributed by atoms with Gasteiger partial charge in [-0.15, -0.1) is 0 Å². The zero-order valence-electron chi connectivity index (χ0n) is 8.63. The lowest BCUT2D eigenvalue weighted by atomic mass is 10.3. The Hall–Kier alpha value is -0.550. The summed E-state index contributed by atoms with van der Waals surface area (Å²) < 4.78 is 85.8. The van der Waals surface area contributed by atoms with Gasteiger partial charge in [0.1, 0.15) is 4.90 Å². The lowest BCUT2D eigenvalue weighted by Crippen LogP contribution is -2.11. The average molecular weight is 376 g/mol. The molecule has 0 aromatic heterocycles. The van der Waals surface area contributed by atoms with Crippen molar-refractivity contribution in [3.8, 4) is 0 Å². The molecular formula is C7H7BrF5NO2S2. The van der Waals surface area contributed by atoms with Crippen LogP contribution in [0.25, 0.3) is 0 Å². The standard InChI is InChI=1S/C7H7BrF5NO2S2/c1-17(15,16)14-6-2-5(8)3-7(4-6)18(9,10,11,12)13/h2-4,14H,1H3. The van der Waals surface area contributed by atoms with Gasteiger partial charge in [-0.2, -0.15) is 0 Å². The Kier molecular flexibility index (Phi) is 3.02. The van der Waals surface area contributed by atoms with E-state index in [2.05, 4.69) is 15.9 Å². The largest absolute Gasteiger partial charge is 0.310 e. The molecule has 0 spiro atoms. The first-order chi connectivity index (χ1) is 7.57.